The fraction of sp³-hybridized carbons (Fsp3) is 0.938. The number of piperidine rings is 1. The van der Waals surface area contributed by atoms with Crippen LogP contribution in [0.15, 0.2) is 0 Å². The molecule has 5 heteroatoms. The first-order valence-electron chi connectivity index (χ1n) is 8.51. The quantitative estimate of drug-likeness (QED) is 0.830. The molecule has 1 amide bonds. The van der Waals surface area contributed by atoms with Crippen molar-refractivity contribution in [3.63, 3.8) is 0 Å². The number of rotatable bonds is 4. The third kappa shape index (κ3) is 3.76. The molecule has 2 saturated heterocycles. The summed E-state index contributed by atoms with van der Waals surface area (Å²) in [4.78, 5) is 16.8. The molecule has 2 aliphatic heterocycles. The molecular weight excluding hydrogens is 268 g/mol. The van der Waals surface area contributed by atoms with E-state index in [1.165, 1.54) is 6.42 Å². The van der Waals surface area contributed by atoms with Gasteiger partial charge in [0.25, 0.3) is 5.91 Å². The SMILES string of the molecule is O=C(C(O)C1CCC1)N1CCC[C@H](CN2CCOCC2)C1. The van der Waals surface area contributed by atoms with Crippen LogP contribution in [0.25, 0.3) is 0 Å². The van der Waals surface area contributed by atoms with Gasteiger partial charge in [-0.2, -0.15) is 0 Å². The van der Waals surface area contributed by atoms with E-state index in [1.807, 2.05) is 4.90 Å². The van der Waals surface area contributed by atoms with Gasteiger partial charge >= 0.3 is 0 Å². The summed E-state index contributed by atoms with van der Waals surface area (Å²) in [5.74, 6) is 0.748. The van der Waals surface area contributed by atoms with E-state index in [1.54, 1.807) is 0 Å². The Morgan fingerprint density at radius 3 is 2.57 bits per heavy atom. The summed E-state index contributed by atoms with van der Waals surface area (Å²) >= 11 is 0. The molecule has 0 aromatic heterocycles. The molecule has 120 valence electrons. The highest BCUT2D eigenvalue weighted by Crippen LogP contribution is 2.31. The number of hydrogen-bond acceptors (Lipinski definition) is 4. The van der Waals surface area contributed by atoms with Gasteiger partial charge in [-0.25, -0.2) is 0 Å². The minimum Gasteiger partial charge on any atom is -0.383 e. The fourth-order valence-corrected chi connectivity index (χ4v) is 3.71. The number of carbonyl (C=O) groups is 1. The van der Waals surface area contributed by atoms with Crippen LogP contribution in [0.4, 0.5) is 0 Å². The lowest BCUT2D eigenvalue weighted by Crippen LogP contribution is -2.50. The Morgan fingerprint density at radius 1 is 1.14 bits per heavy atom. The van der Waals surface area contributed by atoms with Crippen LogP contribution in [0.5, 0.6) is 0 Å². The topological polar surface area (TPSA) is 53.0 Å². The molecular formula is C16H28N2O3. The van der Waals surface area contributed by atoms with E-state index in [4.69, 9.17) is 4.74 Å². The highest BCUT2D eigenvalue weighted by atomic mass is 16.5. The normalized spacial score (nSPS) is 30.0. The Bertz CT molecular complexity index is 353. The molecule has 1 unspecified atom stereocenters. The highest BCUT2D eigenvalue weighted by molar-refractivity contribution is 5.81. The van der Waals surface area contributed by atoms with E-state index in [0.29, 0.717) is 5.92 Å². The molecule has 0 aromatic rings. The van der Waals surface area contributed by atoms with E-state index in [9.17, 15) is 9.90 Å². The summed E-state index contributed by atoms with van der Waals surface area (Å²) in [5.41, 5.74) is 0. The number of carbonyl (C=O) groups excluding carboxylic acids is 1. The van der Waals surface area contributed by atoms with Gasteiger partial charge in [0, 0.05) is 32.7 Å². The number of ether oxygens (including phenoxy) is 1. The molecule has 0 aromatic carbocycles. The van der Waals surface area contributed by atoms with E-state index in [0.717, 1.165) is 71.6 Å². The lowest BCUT2D eigenvalue weighted by molar-refractivity contribution is -0.147. The number of likely N-dealkylation sites (tertiary alicyclic amines) is 1. The average molecular weight is 296 g/mol. The Kier molecular flexibility index (Phi) is 5.14. The van der Waals surface area contributed by atoms with E-state index in [2.05, 4.69) is 4.90 Å². The van der Waals surface area contributed by atoms with Gasteiger partial charge in [-0.3, -0.25) is 9.69 Å². The van der Waals surface area contributed by atoms with Crippen molar-refractivity contribution in [1.29, 1.82) is 0 Å². The number of aliphatic hydroxyl groups excluding tert-OH is 1. The number of amides is 1. The minimum absolute atomic E-state index is 0.0219. The van der Waals surface area contributed by atoms with Crippen molar-refractivity contribution in [3.8, 4) is 0 Å². The fourth-order valence-electron chi connectivity index (χ4n) is 3.71. The zero-order valence-electron chi connectivity index (χ0n) is 12.9. The standard InChI is InChI=1S/C16H28N2O3/c19-15(14-4-1-5-14)16(20)18-6-2-3-13(12-18)11-17-7-9-21-10-8-17/h13-15,19H,1-12H2/t13-,15?/m1/s1. The molecule has 1 N–H and O–H groups in total. The molecule has 0 spiro atoms. The van der Waals surface area contributed by atoms with Crippen molar-refractivity contribution >= 4 is 5.91 Å². The van der Waals surface area contributed by atoms with Crippen LogP contribution in [0.2, 0.25) is 0 Å². The Balaban J connectivity index is 1.48. The molecule has 1 aliphatic carbocycles. The summed E-state index contributed by atoms with van der Waals surface area (Å²) in [6.45, 7) is 6.38. The summed E-state index contributed by atoms with van der Waals surface area (Å²) in [5, 5.41) is 10.2. The lowest BCUT2D eigenvalue weighted by atomic mass is 9.80. The molecule has 3 rings (SSSR count). The van der Waals surface area contributed by atoms with Crippen molar-refractivity contribution in [3.05, 3.63) is 0 Å². The van der Waals surface area contributed by atoms with Crippen molar-refractivity contribution in [1.82, 2.24) is 9.80 Å². The van der Waals surface area contributed by atoms with Gasteiger partial charge in [0.05, 0.1) is 13.2 Å². The van der Waals surface area contributed by atoms with E-state index >= 15 is 0 Å². The van der Waals surface area contributed by atoms with Crippen LogP contribution in [0, 0.1) is 11.8 Å². The average Bonchev–Trinajstić information content (AvgIpc) is 2.46. The van der Waals surface area contributed by atoms with Gasteiger partial charge in [-0.1, -0.05) is 6.42 Å². The first kappa shape index (κ1) is 15.3. The zero-order chi connectivity index (χ0) is 14.7. The van der Waals surface area contributed by atoms with E-state index in [-0.39, 0.29) is 11.8 Å². The number of hydrogen-bond donors (Lipinski definition) is 1. The molecule has 5 nitrogen and oxygen atoms in total. The van der Waals surface area contributed by atoms with Gasteiger partial charge in [-0.15, -0.1) is 0 Å². The van der Waals surface area contributed by atoms with Crippen LogP contribution < -0.4 is 0 Å². The van der Waals surface area contributed by atoms with Crippen LogP contribution in [-0.4, -0.2) is 72.9 Å². The maximum atomic E-state index is 12.4. The van der Waals surface area contributed by atoms with Gasteiger partial charge in [0.15, 0.2) is 0 Å². The predicted octanol–water partition coefficient (Wildman–Crippen LogP) is 0.718. The molecule has 0 radical (unpaired) electrons. The summed E-state index contributed by atoms with van der Waals surface area (Å²) in [7, 11) is 0. The van der Waals surface area contributed by atoms with Crippen molar-refractivity contribution in [2.45, 2.75) is 38.2 Å². The Morgan fingerprint density at radius 2 is 1.90 bits per heavy atom. The van der Waals surface area contributed by atoms with Gasteiger partial charge in [0.2, 0.25) is 0 Å². The maximum absolute atomic E-state index is 12.4. The van der Waals surface area contributed by atoms with Crippen molar-refractivity contribution < 1.29 is 14.6 Å². The smallest absolute Gasteiger partial charge is 0.251 e. The molecule has 21 heavy (non-hydrogen) atoms. The second-order valence-corrected chi connectivity index (χ2v) is 6.84. The van der Waals surface area contributed by atoms with Gasteiger partial charge < -0.3 is 14.7 Å². The van der Waals surface area contributed by atoms with Gasteiger partial charge in [0.1, 0.15) is 6.10 Å². The Labute approximate surface area is 127 Å². The summed E-state index contributed by atoms with van der Waals surface area (Å²) < 4.78 is 5.39. The first-order valence-corrected chi connectivity index (χ1v) is 8.51. The molecule has 0 bridgehead atoms. The Hall–Kier alpha value is -0.650. The van der Waals surface area contributed by atoms with E-state index < -0.39 is 6.10 Å². The zero-order valence-corrected chi connectivity index (χ0v) is 12.9. The maximum Gasteiger partial charge on any atom is 0.251 e. The van der Waals surface area contributed by atoms with Gasteiger partial charge in [-0.05, 0) is 37.5 Å². The van der Waals surface area contributed by atoms with Crippen LogP contribution in [-0.2, 0) is 9.53 Å². The minimum atomic E-state index is -0.749. The second kappa shape index (κ2) is 7.07. The number of nitrogens with zero attached hydrogens (tertiary/aromatic N) is 2. The monoisotopic (exact) mass is 296 g/mol. The highest BCUT2D eigenvalue weighted by Gasteiger charge is 2.35. The lowest BCUT2D eigenvalue weighted by Gasteiger charge is -2.39. The molecule has 2 heterocycles. The summed E-state index contributed by atoms with van der Waals surface area (Å²) in [6, 6.07) is 0. The number of morpholine rings is 1. The largest absolute Gasteiger partial charge is 0.383 e. The predicted molar refractivity (Wildman–Crippen MR) is 79.9 cm³/mol. The first-order chi connectivity index (χ1) is 10.2. The third-order valence-corrected chi connectivity index (χ3v) is 5.30. The van der Waals surface area contributed by atoms with Crippen LogP contribution in [0.1, 0.15) is 32.1 Å². The number of aliphatic hydroxyl groups is 1. The third-order valence-electron chi connectivity index (χ3n) is 5.30. The van der Waals surface area contributed by atoms with Crippen LogP contribution in [0.3, 0.4) is 0 Å². The van der Waals surface area contributed by atoms with Crippen molar-refractivity contribution in [2.24, 2.45) is 11.8 Å². The molecule has 2 atom stereocenters. The molecule has 3 fully saturated rings. The van der Waals surface area contributed by atoms with Crippen molar-refractivity contribution in [2.75, 3.05) is 45.9 Å². The van der Waals surface area contributed by atoms with Crippen LogP contribution >= 0.6 is 0 Å². The molecule has 3 aliphatic rings. The summed E-state index contributed by atoms with van der Waals surface area (Å²) in [6.07, 6.45) is 4.70. The molecule has 1 saturated carbocycles. The second-order valence-electron chi connectivity index (χ2n) is 6.84.